The third kappa shape index (κ3) is 4.25. The van der Waals surface area contributed by atoms with Gasteiger partial charge in [-0.3, -0.25) is 9.59 Å². The Hall–Kier alpha value is -1.19. The molecule has 4 nitrogen and oxygen atoms in total. The van der Waals surface area contributed by atoms with Crippen molar-refractivity contribution in [2.75, 3.05) is 0 Å². The molecule has 0 spiro atoms. The molecule has 0 fully saturated rings. The molecule has 61 valence electrons. The molecule has 0 aromatic carbocycles. The second kappa shape index (κ2) is 4.60. The van der Waals surface area contributed by atoms with Gasteiger partial charge in [0.05, 0.1) is 12.3 Å². The lowest BCUT2D eigenvalue weighted by Crippen LogP contribution is -2.14. The van der Waals surface area contributed by atoms with Crippen LogP contribution in [0.3, 0.4) is 0 Å². The first-order valence-corrected chi connectivity index (χ1v) is 3.12. The molecule has 0 heterocycles. The summed E-state index contributed by atoms with van der Waals surface area (Å²) < 4.78 is 0. The van der Waals surface area contributed by atoms with Gasteiger partial charge in [0.2, 0.25) is 0 Å². The number of rotatable bonds is 5. The number of aldehydes is 1. The van der Waals surface area contributed by atoms with Crippen molar-refractivity contribution in [2.24, 2.45) is 5.92 Å². The lowest BCUT2D eigenvalue weighted by Gasteiger charge is -2.01. The minimum atomic E-state index is -1.03. The zero-order chi connectivity index (χ0) is 8.85. The molecule has 11 heavy (non-hydrogen) atoms. The number of hydrogen-bond donors (Lipinski definition) is 1. The zero-order valence-corrected chi connectivity index (χ0v) is 6.11. The lowest BCUT2D eigenvalue weighted by molar-refractivity contribution is -0.142. The SMILES string of the molecule is CC(CC(=O)[CH]C=O)C(=O)O. The van der Waals surface area contributed by atoms with Crippen LogP contribution in [0.5, 0.6) is 0 Å². The van der Waals surface area contributed by atoms with Crippen molar-refractivity contribution in [2.45, 2.75) is 13.3 Å². The van der Waals surface area contributed by atoms with Crippen LogP contribution in [0.25, 0.3) is 0 Å². The molecule has 0 bridgehead atoms. The minimum Gasteiger partial charge on any atom is -0.481 e. The summed E-state index contributed by atoms with van der Waals surface area (Å²) in [4.78, 5) is 30.5. The number of carbonyl (C=O) groups excluding carboxylic acids is 2. The fraction of sp³-hybridized carbons (Fsp3) is 0.429. The maximum absolute atomic E-state index is 10.6. The van der Waals surface area contributed by atoms with E-state index in [2.05, 4.69) is 0 Å². The van der Waals surface area contributed by atoms with Crippen molar-refractivity contribution in [3.05, 3.63) is 6.42 Å². The standard InChI is InChI=1S/C7H9O4/c1-5(7(10)11)4-6(9)2-3-8/h2-3,5H,4H2,1H3,(H,10,11). The van der Waals surface area contributed by atoms with Crippen LogP contribution in [0.2, 0.25) is 0 Å². The van der Waals surface area contributed by atoms with E-state index in [1.165, 1.54) is 6.92 Å². The molecule has 0 aliphatic rings. The van der Waals surface area contributed by atoms with Gasteiger partial charge in [-0.05, 0) is 0 Å². The van der Waals surface area contributed by atoms with Crippen molar-refractivity contribution in [3.8, 4) is 0 Å². The molecule has 1 radical (unpaired) electrons. The van der Waals surface area contributed by atoms with E-state index in [-0.39, 0.29) is 6.42 Å². The van der Waals surface area contributed by atoms with Gasteiger partial charge in [0.15, 0.2) is 0 Å². The fourth-order valence-electron chi connectivity index (χ4n) is 0.533. The first-order chi connectivity index (χ1) is 5.07. The van der Waals surface area contributed by atoms with E-state index in [4.69, 9.17) is 5.11 Å². The molecule has 0 aromatic heterocycles. The topological polar surface area (TPSA) is 71.4 Å². The average Bonchev–Trinajstić information content (AvgIpc) is 1.87. The Kier molecular flexibility index (Phi) is 4.10. The summed E-state index contributed by atoms with van der Waals surface area (Å²) >= 11 is 0. The van der Waals surface area contributed by atoms with Crippen LogP contribution in [0.15, 0.2) is 0 Å². The third-order valence-corrected chi connectivity index (χ3v) is 1.18. The summed E-state index contributed by atoms with van der Waals surface area (Å²) in [6.45, 7) is 1.42. The summed E-state index contributed by atoms with van der Waals surface area (Å²) in [5.41, 5.74) is 0. The number of hydrogen-bond acceptors (Lipinski definition) is 3. The predicted molar refractivity (Wildman–Crippen MR) is 36.8 cm³/mol. The molecule has 0 amide bonds. The predicted octanol–water partition coefficient (Wildman–Crippen LogP) is 0.0695. The lowest BCUT2D eigenvalue weighted by atomic mass is 10.0. The summed E-state index contributed by atoms with van der Waals surface area (Å²) in [6.07, 6.45) is 1.07. The highest BCUT2D eigenvalue weighted by Crippen LogP contribution is 2.02. The Morgan fingerprint density at radius 2 is 2.09 bits per heavy atom. The van der Waals surface area contributed by atoms with Crippen LogP contribution in [-0.4, -0.2) is 23.1 Å². The summed E-state index contributed by atoms with van der Waals surface area (Å²) in [5, 5.41) is 8.34. The molecular formula is C7H9O4. The minimum absolute atomic E-state index is 0.117. The van der Waals surface area contributed by atoms with E-state index in [0.29, 0.717) is 6.29 Å². The number of aliphatic carboxylic acids is 1. The number of carboxylic acid groups (broad SMARTS) is 1. The summed E-state index contributed by atoms with van der Waals surface area (Å²) in [7, 11) is 0. The zero-order valence-electron chi connectivity index (χ0n) is 6.11. The first-order valence-electron chi connectivity index (χ1n) is 3.12. The Morgan fingerprint density at radius 3 is 2.45 bits per heavy atom. The second-order valence-corrected chi connectivity index (χ2v) is 2.21. The van der Waals surface area contributed by atoms with Crippen molar-refractivity contribution in [3.63, 3.8) is 0 Å². The molecule has 4 heteroatoms. The number of Topliss-reactive ketones (excluding diaryl/α,β-unsaturated/α-hetero) is 1. The third-order valence-electron chi connectivity index (χ3n) is 1.18. The molecule has 1 unspecified atom stereocenters. The molecule has 1 N–H and O–H groups in total. The smallest absolute Gasteiger partial charge is 0.306 e. The summed E-state index contributed by atoms with van der Waals surface area (Å²) in [5.74, 6) is -2.20. The van der Waals surface area contributed by atoms with Gasteiger partial charge in [-0.15, -0.1) is 0 Å². The molecule has 0 saturated carbocycles. The normalized spacial score (nSPS) is 12.1. The molecule has 0 rings (SSSR count). The molecule has 0 aliphatic heterocycles. The Balaban J connectivity index is 3.74. The summed E-state index contributed by atoms with van der Waals surface area (Å²) in [6, 6.07) is 0. The Morgan fingerprint density at radius 1 is 1.55 bits per heavy atom. The van der Waals surface area contributed by atoms with Gasteiger partial charge in [-0.2, -0.15) is 0 Å². The van der Waals surface area contributed by atoms with Crippen LogP contribution < -0.4 is 0 Å². The van der Waals surface area contributed by atoms with Crippen LogP contribution in [0.1, 0.15) is 13.3 Å². The molecule has 0 saturated heterocycles. The monoisotopic (exact) mass is 157 g/mol. The Labute approximate surface area is 64.2 Å². The quantitative estimate of drug-likeness (QED) is 0.452. The largest absolute Gasteiger partial charge is 0.481 e. The number of ketones is 1. The number of carbonyl (C=O) groups is 3. The van der Waals surface area contributed by atoms with Crippen molar-refractivity contribution in [1.82, 2.24) is 0 Å². The van der Waals surface area contributed by atoms with Gasteiger partial charge >= 0.3 is 5.97 Å². The highest BCUT2D eigenvalue weighted by atomic mass is 16.4. The van der Waals surface area contributed by atoms with E-state index >= 15 is 0 Å². The fourth-order valence-corrected chi connectivity index (χ4v) is 0.533. The molecule has 1 atom stereocenters. The second-order valence-electron chi connectivity index (χ2n) is 2.21. The highest BCUT2D eigenvalue weighted by molar-refractivity contribution is 6.02. The van der Waals surface area contributed by atoms with E-state index in [1.54, 1.807) is 0 Å². The van der Waals surface area contributed by atoms with E-state index in [1.807, 2.05) is 0 Å². The Bertz CT molecular complexity index is 173. The maximum atomic E-state index is 10.6. The van der Waals surface area contributed by atoms with Crippen LogP contribution >= 0.6 is 0 Å². The molecular weight excluding hydrogens is 148 g/mol. The van der Waals surface area contributed by atoms with Crippen LogP contribution in [0.4, 0.5) is 0 Å². The number of carboxylic acids is 1. The van der Waals surface area contributed by atoms with Crippen molar-refractivity contribution in [1.29, 1.82) is 0 Å². The van der Waals surface area contributed by atoms with Crippen LogP contribution in [-0.2, 0) is 14.4 Å². The molecule has 0 aromatic rings. The maximum Gasteiger partial charge on any atom is 0.306 e. The van der Waals surface area contributed by atoms with Gasteiger partial charge in [-0.1, -0.05) is 6.92 Å². The van der Waals surface area contributed by atoms with Gasteiger partial charge in [0.1, 0.15) is 12.1 Å². The van der Waals surface area contributed by atoms with Gasteiger partial charge in [0, 0.05) is 6.42 Å². The molecule has 0 aliphatic carbocycles. The average molecular weight is 157 g/mol. The van der Waals surface area contributed by atoms with E-state index in [0.717, 1.165) is 6.42 Å². The van der Waals surface area contributed by atoms with Gasteiger partial charge in [-0.25, -0.2) is 0 Å². The van der Waals surface area contributed by atoms with Crippen molar-refractivity contribution < 1.29 is 19.5 Å². The highest BCUT2D eigenvalue weighted by Gasteiger charge is 2.14. The van der Waals surface area contributed by atoms with Crippen LogP contribution in [0, 0.1) is 12.3 Å². The van der Waals surface area contributed by atoms with Gasteiger partial charge in [0.25, 0.3) is 0 Å². The van der Waals surface area contributed by atoms with Gasteiger partial charge < -0.3 is 9.90 Å². The first kappa shape index (κ1) is 9.81. The van der Waals surface area contributed by atoms with E-state index in [9.17, 15) is 14.4 Å². The van der Waals surface area contributed by atoms with E-state index < -0.39 is 17.7 Å². The van der Waals surface area contributed by atoms with Crippen molar-refractivity contribution >= 4 is 18.0 Å².